The van der Waals surface area contributed by atoms with Gasteiger partial charge >= 0.3 is 0 Å². The molecule has 0 nitrogen and oxygen atoms in total. The molecule has 0 atom stereocenters. The van der Waals surface area contributed by atoms with E-state index < -0.39 is 0 Å². The van der Waals surface area contributed by atoms with E-state index in [2.05, 4.69) is 73.9 Å². The van der Waals surface area contributed by atoms with Gasteiger partial charge in [-0.2, -0.15) is 0 Å². The van der Waals surface area contributed by atoms with E-state index >= 15 is 0 Å². The molecule has 0 saturated heterocycles. The van der Waals surface area contributed by atoms with Crippen molar-refractivity contribution >= 4 is 101 Å². The van der Waals surface area contributed by atoms with E-state index in [1.807, 2.05) is 58.8 Å². The molecule has 0 aromatic heterocycles. The summed E-state index contributed by atoms with van der Waals surface area (Å²) in [5.41, 5.74) is 0. The predicted octanol–water partition coefficient (Wildman–Crippen LogP) is 7.80. The lowest BCUT2D eigenvalue weighted by atomic mass is 9.99. The summed E-state index contributed by atoms with van der Waals surface area (Å²) in [7, 11) is 0. The standard InChI is InChI=1S/C25H18S6/c1-5-19-14(2)28-22(29-19)20-15-10-6-8-12-17(15)21(18-13-9-7-11-16(18)20)23-30-24(26-3)25(27-4)31-23/h1,6-13H,2-4H3. The highest BCUT2D eigenvalue weighted by molar-refractivity contribution is 8.45. The van der Waals surface area contributed by atoms with Gasteiger partial charge in [-0.05, 0) is 41.0 Å². The molecule has 0 fully saturated rings. The Morgan fingerprint density at radius 1 is 0.677 bits per heavy atom. The van der Waals surface area contributed by atoms with Crippen LogP contribution in [0.25, 0.3) is 30.0 Å². The van der Waals surface area contributed by atoms with Crippen molar-refractivity contribution in [2.45, 2.75) is 6.92 Å². The summed E-state index contributed by atoms with van der Waals surface area (Å²) >= 11 is 11.1. The maximum Gasteiger partial charge on any atom is 0.0720 e. The first-order valence-corrected chi connectivity index (χ1v) is 15.3. The fraction of sp³-hybridized carbons (Fsp3) is 0.120. The highest BCUT2D eigenvalue weighted by Gasteiger charge is 2.24. The Kier molecular flexibility index (Phi) is 6.44. The summed E-state index contributed by atoms with van der Waals surface area (Å²) in [5.74, 6) is 2.87. The quantitative estimate of drug-likeness (QED) is 0.253. The van der Waals surface area contributed by atoms with Crippen molar-refractivity contribution in [3.63, 3.8) is 0 Å². The Balaban J connectivity index is 1.93. The van der Waals surface area contributed by atoms with Gasteiger partial charge in [-0.15, -0.1) is 29.9 Å². The number of benzene rings is 3. The second-order valence-electron chi connectivity index (χ2n) is 6.84. The van der Waals surface area contributed by atoms with Crippen LogP contribution >= 0.6 is 70.6 Å². The average Bonchev–Trinajstić information content (AvgIpc) is 3.39. The molecule has 0 radical (unpaired) electrons. The maximum absolute atomic E-state index is 5.78. The number of fused-ring (bicyclic) bond motifs is 2. The zero-order valence-corrected chi connectivity index (χ0v) is 22.0. The molecule has 0 bridgehead atoms. The molecular formula is C25H18S6. The summed E-state index contributed by atoms with van der Waals surface area (Å²) in [5, 5.41) is 7.90. The van der Waals surface area contributed by atoms with Crippen LogP contribution in [0.4, 0.5) is 0 Å². The van der Waals surface area contributed by atoms with Crippen molar-refractivity contribution in [3.05, 3.63) is 77.3 Å². The van der Waals surface area contributed by atoms with Gasteiger partial charge in [-0.3, -0.25) is 0 Å². The molecule has 2 heterocycles. The van der Waals surface area contributed by atoms with Crippen LogP contribution in [0.1, 0.15) is 6.92 Å². The summed E-state index contributed by atoms with van der Waals surface area (Å²) in [4.78, 5) is 2.25. The van der Waals surface area contributed by atoms with Gasteiger partial charge in [0.05, 0.1) is 21.9 Å². The Morgan fingerprint density at radius 2 is 1.10 bits per heavy atom. The fourth-order valence-corrected chi connectivity index (χ4v) is 11.4. The van der Waals surface area contributed by atoms with Gasteiger partial charge in [-0.1, -0.05) is 101 Å². The smallest absolute Gasteiger partial charge is 0.0720 e. The first-order chi connectivity index (χ1) is 15.2. The monoisotopic (exact) mass is 510 g/mol. The van der Waals surface area contributed by atoms with Gasteiger partial charge in [0.1, 0.15) is 0 Å². The van der Waals surface area contributed by atoms with Crippen LogP contribution in [0.15, 0.2) is 66.8 Å². The zero-order chi connectivity index (χ0) is 21.5. The largest absolute Gasteiger partial charge is 0.121 e. The number of hydrogen-bond acceptors (Lipinski definition) is 6. The van der Waals surface area contributed by atoms with Crippen LogP contribution < -0.4 is 10.4 Å². The third-order valence-corrected chi connectivity index (χ3v) is 12.9. The van der Waals surface area contributed by atoms with Gasteiger partial charge in [0.25, 0.3) is 0 Å². The normalized spacial score (nSPS) is 16.8. The molecule has 31 heavy (non-hydrogen) atoms. The molecule has 2 aliphatic rings. The topological polar surface area (TPSA) is 0 Å². The maximum atomic E-state index is 5.78. The van der Waals surface area contributed by atoms with Crippen molar-refractivity contribution in [2.24, 2.45) is 0 Å². The van der Waals surface area contributed by atoms with Gasteiger partial charge in [0.2, 0.25) is 0 Å². The Hall–Kier alpha value is -0.940. The molecule has 3 aromatic carbocycles. The molecular weight excluding hydrogens is 493 g/mol. The van der Waals surface area contributed by atoms with E-state index in [1.165, 1.54) is 53.8 Å². The molecule has 0 amide bonds. The number of rotatable bonds is 2. The van der Waals surface area contributed by atoms with E-state index in [0.29, 0.717) is 0 Å². The van der Waals surface area contributed by atoms with Crippen molar-refractivity contribution < 1.29 is 0 Å². The SMILES string of the molecule is C#CC1=C(C)SC(=c2c3ccccc3c(=C3SC(SC)=C(SC)S3)c3ccccc23)S1. The van der Waals surface area contributed by atoms with Crippen LogP contribution in [-0.4, -0.2) is 12.5 Å². The molecule has 6 heteroatoms. The summed E-state index contributed by atoms with van der Waals surface area (Å²) in [6, 6.07) is 17.7. The van der Waals surface area contributed by atoms with E-state index in [4.69, 9.17) is 6.42 Å². The molecule has 0 spiro atoms. The van der Waals surface area contributed by atoms with Gasteiger partial charge in [0, 0.05) is 15.3 Å². The molecule has 5 rings (SSSR count). The number of hydrogen-bond donors (Lipinski definition) is 0. The fourth-order valence-electron chi connectivity index (χ4n) is 3.80. The second-order valence-corrected chi connectivity index (χ2v) is 13.8. The third kappa shape index (κ3) is 3.78. The Morgan fingerprint density at radius 3 is 1.45 bits per heavy atom. The minimum Gasteiger partial charge on any atom is -0.121 e. The summed E-state index contributed by atoms with van der Waals surface area (Å²) in [6.07, 6.45) is 10.1. The third-order valence-electron chi connectivity index (χ3n) is 5.14. The first-order valence-electron chi connectivity index (χ1n) is 9.55. The van der Waals surface area contributed by atoms with Crippen LogP contribution in [0.2, 0.25) is 0 Å². The number of terminal acetylenes is 1. The molecule has 0 unspecified atom stereocenters. The molecule has 0 N–H and O–H groups in total. The molecule has 0 saturated carbocycles. The molecule has 2 aliphatic heterocycles. The van der Waals surface area contributed by atoms with E-state index in [9.17, 15) is 0 Å². The van der Waals surface area contributed by atoms with E-state index in [1.54, 1.807) is 11.8 Å². The van der Waals surface area contributed by atoms with Crippen molar-refractivity contribution in [1.82, 2.24) is 0 Å². The van der Waals surface area contributed by atoms with E-state index in [0.717, 1.165) is 4.91 Å². The van der Waals surface area contributed by atoms with Gasteiger partial charge in [0.15, 0.2) is 0 Å². The number of allylic oxidation sites excluding steroid dienone is 2. The van der Waals surface area contributed by atoms with Crippen LogP contribution in [0, 0.1) is 12.3 Å². The van der Waals surface area contributed by atoms with E-state index in [-0.39, 0.29) is 0 Å². The van der Waals surface area contributed by atoms with Gasteiger partial charge in [-0.25, -0.2) is 0 Å². The minimum absolute atomic E-state index is 1.03. The molecule has 3 aromatic rings. The summed E-state index contributed by atoms with van der Waals surface area (Å²) < 4.78 is 5.47. The lowest BCUT2D eigenvalue weighted by Crippen LogP contribution is -2.16. The highest BCUT2D eigenvalue weighted by Crippen LogP contribution is 2.57. The Bertz CT molecular complexity index is 1390. The summed E-state index contributed by atoms with van der Waals surface area (Å²) in [6.45, 7) is 2.12. The van der Waals surface area contributed by atoms with Gasteiger partial charge < -0.3 is 0 Å². The minimum atomic E-state index is 1.03. The molecule has 0 aliphatic carbocycles. The average molecular weight is 511 g/mol. The van der Waals surface area contributed by atoms with Crippen LogP contribution in [0.3, 0.4) is 0 Å². The zero-order valence-electron chi connectivity index (χ0n) is 17.1. The predicted molar refractivity (Wildman–Crippen MR) is 153 cm³/mol. The van der Waals surface area contributed by atoms with Crippen LogP contribution in [-0.2, 0) is 0 Å². The van der Waals surface area contributed by atoms with Crippen molar-refractivity contribution in [2.75, 3.05) is 12.5 Å². The van der Waals surface area contributed by atoms with Crippen LogP contribution in [0.5, 0.6) is 0 Å². The lowest BCUT2D eigenvalue weighted by Gasteiger charge is -2.11. The first kappa shape index (κ1) is 21.9. The Labute approximate surface area is 208 Å². The van der Waals surface area contributed by atoms with Crippen molar-refractivity contribution in [1.29, 1.82) is 0 Å². The highest BCUT2D eigenvalue weighted by atomic mass is 32.3. The molecule has 154 valence electrons. The lowest BCUT2D eigenvalue weighted by molar-refractivity contribution is 1.68. The number of thioether (sulfide) groups is 6. The van der Waals surface area contributed by atoms with Crippen molar-refractivity contribution in [3.8, 4) is 12.3 Å². The second kappa shape index (κ2) is 9.13.